The Morgan fingerprint density at radius 3 is 2.36 bits per heavy atom. The first-order valence-corrected chi connectivity index (χ1v) is 9.61. The van der Waals surface area contributed by atoms with Gasteiger partial charge in [-0.2, -0.15) is 0 Å². The molecular formula is C22H22ClN3O2. The zero-order valence-corrected chi connectivity index (χ0v) is 16.7. The molecule has 0 fully saturated rings. The van der Waals surface area contributed by atoms with Gasteiger partial charge in [-0.05, 0) is 55.8 Å². The van der Waals surface area contributed by atoms with Crippen LogP contribution in [0.1, 0.15) is 25.0 Å². The van der Waals surface area contributed by atoms with Gasteiger partial charge in [0.05, 0.1) is 0 Å². The van der Waals surface area contributed by atoms with Crippen LogP contribution in [0.5, 0.6) is 11.5 Å². The summed E-state index contributed by atoms with van der Waals surface area (Å²) in [5.41, 5.74) is 2.85. The smallest absolute Gasteiger partial charge is 0.161 e. The number of aromatic nitrogens is 2. The van der Waals surface area contributed by atoms with Gasteiger partial charge in [0, 0.05) is 40.6 Å². The molecule has 28 heavy (non-hydrogen) atoms. The van der Waals surface area contributed by atoms with E-state index in [9.17, 15) is 0 Å². The quantitative estimate of drug-likeness (QED) is 0.684. The van der Waals surface area contributed by atoms with Gasteiger partial charge in [0.2, 0.25) is 0 Å². The van der Waals surface area contributed by atoms with Crippen LogP contribution in [0.2, 0.25) is 5.02 Å². The molecule has 0 spiro atoms. The van der Waals surface area contributed by atoms with Crippen LogP contribution in [0.3, 0.4) is 0 Å². The highest BCUT2D eigenvalue weighted by atomic mass is 35.5. The molecule has 4 rings (SSSR count). The first kappa shape index (κ1) is 18.7. The number of halogens is 1. The fourth-order valence-corrected chi connectivity index (χ4v) is 3.18. The van der Waals surface area contributed by atoms with Crippen LogP contribution in [-0.4, -0.2) is 23.2 Å². The molecule has 2 aromatic carbocycles. The second-order valence-corrected chi connectivity index (χ2v) is 7.70. The van der Waals surface area contributed by atoms with Crippen molar-refractivity contribution in [1.29, 1.82) is 0 Å². The van der Waals surface area contributed by atoms with Gasteiger partial charge in [-0.1, -0.05) is 17.7 Å². The second kappa shape index (κ2) is 7.78. The third-order valence-electron chi connectivity index (χ3n) is 4.81. The van der Waals surface area contributed by atoms with Crippen LogP contribution in [0.25, 0.3) is 11.4 Å². The molecule has 1 aliphatic heterocycles. The molecule has 6 heteroatoms. The highest BCUT2D eigenvalue weighted by Crippen LogP contribution is 2.34. The molecule has 0 saturated heterocycles. The standard InChI is InChI=1S/C22H22ClN3O2/c1-22(2,17-5-8-19-20(11-17)28-10-9-27-19)26-14-15-12-24-21(25-13-15)16-3-6-18(23)7-4-16/h3-8,11-13,26H,9-10,14H2,1-2H3. The van der Waals surface area contributed by atoms with Gasteiger partial charge in [0.15, 0.2) is 17.3 Å². The Hall–Kier alpha value is -2.63. The summed E-state index contributed by atoms with van der Waals surface area (Å²) in [5, 5.41) is 4.27. The van der Waals surface area contributed by atoms with E-state index in [1.165, 1.54) is 0 Å². The summed E-state index contributed by atoms with van der Waals surface area (Å²) in [6.45, 7) is 6.12. The van der Waals surface area contributed by atoms with Crippen LogP contribution < -0.4 is 14.8 Å². The third kappa shape index (κ3) is 4.11. The molecule has 5 nitrogen and oxygen atoms in total. The number of nitrogens with zero attached hydrogens (tertiary/aromatic N) is 2. The van der Waals surface area contributed by atoms with E-state index < -0.39 is 0 Å². The maximum absolute atomic E-state index is 5.93. The number of hydrogen-bond acceptors (Lipinski definition) is 5. The van der Waals surface area contributed by atoms with Crippen LogP contribution >= 0.6 is 11.6 Å². The van der Waals surface area contributed by atoms with Gasteiger partial charge < -0.3 is 14.8 Å². The zero-order chi connectivity index (χ0) is 19.6. The van der Waals surface area contributed by atoms with E-state index >= 15 is 0 Å². The maximum Gasteiger partial charge on any atom is 0.161 e. The Kier molecular flexibility index (Phi) is 5.20. The number of benzene rings is 2. The van der Waals surface area contributed by atoms with E-state index in [0.29, 0.717) is 30.6 Å². The van der Waals surface area contributed by atoms with E-state index in [1.807, 2.05) is 48.8 Å². The number of ether oxygens (including phenoxy) is 2. The maximum atomic E-state index is 5.93. The van der Waals surface area contributed by atoms with Crippen LogP contribution in [0, 0.1) is 0 Å². The molecule has 144 valence electrons. The van der Waals surface area contributed by atoms with Gasteiger partial charge in [0.25, 0.3) is 0 Å². The van der Waals surface area contributed by atoms with Gasteiger partial charge >= 0.3 is 0 Å². The van der Waals surface area contributed by atoms with Crippen LogP contribution in [0.15, 0.2) is 54.9 Å². The molecule has 0 aliphatic carbocycles. The van der Waals surface area contributed by atoms with Gasteiger partial charge in [-0.3, -0.25) is 0 Å². The molecule has 1 aliphatic rings. The number of nitrogens with one attached hydrogen (secondary N) is 1. The fourth-order valence-electron chi connectivity index (χ4n) is 3.05. The van der Waals surface area contributed by atoms with E-state index in [-0.39, 0.29) is 5.54 Å². The van der Waals surface area contributed by atoms with Gasteiger partial charge in [0.1, 0.15) is 13.2 Å². The van der Waals surface area contributed by atoms with Crippen molar-refractivity contribution < 1.29 is 9.47 Å². The molecule has 1 N–H and O–H groups in total. The van der Waals surface area contributed by atoms with Crippen molar-refractivity contribution >= 4 is 11.6 Å². The van der Waals surface area contributed by atoms with Gasteiger partial charge in [-0.15, -0.1) is 0 Å². The monoisotopic (exact) mass is 395 g/mol. The van der Waals surface area contributed by atoms with Gasteiger partial charge in [-0.25, -0.2) is 9.97 Å². The molecule has 2 heterocycles. The summed E-state index contributed by atoms with van der Waals surface area (Å²) in [7, 11) is 0. The highest BCUT2D eigenvalue weighted by molar-refractivity contribution is 6.30. The van der Waals surface area contributed by atoms with Crippen molar-refractivity contribution in [2.75, 3.05) is 13.2 Å². The molecule has 0 bridgehead atoms. The Bertz CT molecular complexity index is 957. The average molecular weight is 396 g/mol. The normalized spacial score (nSPS) is 13.4. The average Bonchev–Trinajstić information content (AvgIpc) is 2.73. The zero-order valence-electron chi connectivity index (χ0n) is 15.9. The summed E-state index contributed by atoms with van der Waals surface area (Å²) in [5.74, 6) is 2.29. The summed E-state index contributed by atoms with van der Waals surface area (Å²) in [6, 6.07) is 13.6. The summed E-state index contributed by atoms with van der Waals surface area (Å²) >= 11 is 5.93. The Labute approximate surface area is 169 Å². The van der Waals surface area contributed by atoms with Crippen molar-refractivity contribution in [3.05, 3.63) is 71.0 Å². The third-order valence-corrected chi connectivity index (χ3v) is 5.06. The lowest BCUT2D eigenvalue weighted by Gasteiger charge is -2.29. The molecule has 3 aromatic rings. The summed E-state index contributed by atoms with van der Waals surface area (Å²) in [4.78, 5) is 8.96. The summed E-state index contributed by atoms with van der Waals surface area (Å²) < 4.78 is 11.3. The van der Waals surface area contributed by atoms with Crippen molar-refractivity contribution in [3.63, 3.8) is 0 Å². The van der Waals surface area contributed by atoms with Crippen molar-refractivity contribution in [1.82, 2.24) is 15.3 Å². The molecule has 0 saturated carbocycles. The second-order valence-electron chi connectivity index (χ2n) is 7.26. The summed E-state index contributed by atoms with van der Waals surface area (Å²) in [6.07, 6.45) is 3.70. The van der Waals surface area contributed by atoms with E-state index in [1.54, 1.807) is 0 Å². The molecule has 1 aromatic heterocycles. The molecule has 0 radical (unpaired) electrons. The molecule has 0 amide bonds. The van der Waals surface area contributed by atoms with E-state index in [4.69, 9.17) is 21.1 Å². The van der Waals surface area contributed by atoms with E-state index in [2.05, 4.69) is 35.2 Å². The van der Waals surface area contributed by atoms with Crippen molar-refractivity contribution in [3.8, 4) is 22.9 Å². The number of fused-ring (bicyclic) bond motifs is 1. The Morgan fingerprint density at radius 1 is 0.964 bits per heavy atom. The largest absolute Gasteiger partial charge is 0.486 e. The lowest BCUT2D eigenvalue weighted by Crippen LogP contribution is -2.36. The lowest BCUT2D eigenvalue weighted by atomic mass is 9.93. The first-order valence-electron chi connectivity index (χ1n) is 9.23. The number of rotatable bonds is 5. The SMILES string of the molecule is CC(C)(NCc1cnc(-c2ccc(Cl)cc2)nc1)c1ccc2c(c1)OCCO2. The minimum absolute atomic E-state index is 0.245. The molecule has 0 atom stereocenters. The minimum Gasteiger partial charge on any atom is -0.486 e. The topological polar surface area (TPSA) is 56.3 Å². The Morgan fingerprint density at radius 2 is 1.64 bits per heavy atom. The first-order chi connectivity index (χ1) is 13.5. The van der Waals surface area contributed by atoms with Crippen LogP contribution in [0.4, 0.5) is 0 Å². The van der Waals surface area contributed by atoms with Crippen molar-refractivity contribution in [2.45, 2.75) is 25.9 Å². The fraction of sp³-hybridized carbons (Fsp3) is 0.273. The highest BCUT2D eigenvalue weighted by Gasteiger charge is 2.23. The number of hydrogen-bond donors (Lipinski definition) is 1. The molecular weight excluding hydrogens is 374 g/mol. The predicted octanol–water partition coefficient (Wildman–Crippen LogP) is 4.59. The van der Waals surface area contributed by atoms with Crippen molar-refractivity contribution in [2.24, 2.45) is 0 Å². The van der Waals surface area contributed by atoms with E-state index in [0.717, 1.165) is 28.2 Å². The van der Waals surface area contributed by atoms with Crippen LogP contribution in [-0.2, 0) is 12.1 Å². The lowest BCUT2D eigenvalue weighted by molar-refractivity contribution is 0.171. The minimum atomic E-state index is -0.245. The molecule has 0 unspecified atom stereocenters. The Balaban J connectivity index is 1.43. The predicted molar refractivity (Wildman–Crippen MR) is 110 cm³/mol.